The lowest BCUT2D eigenvalue weighted by Crippen LogP contribution is -2.36. The molecule has 1 fully saturated rings. The number of aryl methyl sites for hydroxylation is 1. The molecule has 1 aliphatic rings. The maximum Gasteiger partial charge on any atom is 0.159 e. The lowest BCUT2D eigenvalue weighted by molar-refractivity contribution is -0.0846. The number of benzene rings is 1. The second-order valence-electron chi connectivity index (χ2n) is 6.81. The van der Waals surface area contributed by atoms with E-state index >= 15 is 0 Å². The van der Waals surface area contributed by atoms with Crippen LogP contribution in [0.2, 0.25) is 0 Å². The van der Waals surface area contributed by atoms with Gasteiger partial charge in [0.2, 0.25) is 0 Å². The molecule has 1 saturated heterocycles. The Hall–Kier alpha value is -1.35. The number of ketones is 1. The fourth-order valence-corrected chi connectivity index (χ4v) is 2.85. The number of rotatable bonds is 3. The zero-order valence-electron chi connectivity index (χ0n) is 13.2. The fourth-order valence-electron chi connectivity index (χ4n) is 2.85. The zero-order chi connectivity index (χ0) is 15.1. The Morgan fingerprint density at radius 1 is 1.30 bits per heavy atom. The van der Waals surface area contributed by atoms with E-state index < -0.39 is 0 Å². The summed E-state index contributed by atoms with van der Waals surface area (Å²) in [6.45, 7) is 11.8. The minimum Gasteiger partial charge on any atom is -0.487 e. The van der Waals surface area contributed by atoms with Crippen LogP contribution >= 0.6 is 0 Å². The van der Waals surface area contributed by atoms with Crippen LogP contribution in [-0.4, -0.2) is 23.1 Å². The molecule has 20 heavy (non-hydrogen) atoms. The maximum atomic E-state index is 11.4. The van der Waals surface area contributed by atoms with E-state index in [0.717, 1.165) is 23.3 Å². The summed E-state index contributed by atoms with van der Waals surface area (Å²) in [7, 11) is 0. The van der Waals surface area contributed by atoms with Crippen LogP contribution < -0.4 is 4.74 Å². The highest BCUT2D eigenvalue weighted by molar-refractivity contribution is 5.94. The molecule has 1 aromatic rings. The highest BCUT2D eigenvalue weighted by Gasteiger charge is 2.47. The SMILES string of the molecule is CC(=O)c1ccc(OC2CC(C)(C)OC2(C)C)c(C)c1. The monoisotopic (exact) mass is 276 g/mol. The van der Waals surface area contributed by atoms with Gasteiger partial charge in [0, 0.05) is 12.0 Å². The standard InChI is InChI=1S/C17H24O3/c1-11-9-13(12(2)18)7-8-14(11)19-15-10-16(3,4)20-17(15,5)6/h7-9,15H,10H2,1-6H3. The molecule has 110 valence electrons. The Morgan fingerprint density at radius 2 is 1.95 bits per heavy atom. The Labute approximate surface area is 121 Å². The van der Waals surface area contributed by atoms with Gasteiger partial charge >= 0.3 is 0 Å². The first-order valence-electron chi connectivity index (χ1n) is 7.09. The van der Waals surface area contributed by atoms with Crippen molar-refractivity contribution in [1.82, 2.24) is 0 Å². The van der Waals surface area contributed by atoms with Crippen molar-refractivity contribution in [3.8, 4) is 5.75 Å². The molecule has 0 bridgehead atoms. The van der Waals surface area contributed by atoms with Crippen molar-refractivity contribution in [2.24, 2.45) is 0 Å². The van der Waals surface area contributed by atoms with Gasteiger partial charge in [-0.1, -0.05) is 0 Å². The highest BCUT2D eigenvalue weighted by Crippen LogP contribution is 2.40. The molecular formula is C17H24O3. The lowest BCUT2D eigenvalue weighted by atomic mass is 9.97. The summed E-state index contributed by atoms with van der Waals surface area (Å²) in [6.07, 6.45) is 0.868. The van der Waals surface area contributed by atoms with Gasteiger partial charge in [-0.25, -0.2) is 0 Å². The van der Waals surface area contributed by atoms with Crippen LogP contribution in [0.3, 0.4) is 0 Å². The van der Waals surface area contributed by atoms with E-state index in [2.05, 4.69) is 27.7 Å². The Morgan fingerprint density at radius 3 is 2.40 bits per heavy atom. The largest absolute Gasteiger partial charge is 0.487 e. The third kappa shape index (κ3) is 3.04. The van der Waals surface area contributed by atoms with Crippen LogP contribution in [0.5, 0.6) is 5.75 Å². The number of hydrogen-bond acceptors (Lipinski definition) is 3. The molecule has 0 amide bonds. The summed E-state index contributed by atoms with van der Waals surface area (Å²) in [4.78, 5) is 11.4. The molecule has 1 aliphatic heterocycles. The topological polar surface area (TPSA) is 35.5 Å². The predicted molar refractivity (Wildman–Crippen MR) is 79.5 cm³/mol. The Balaban J connectivity index is 2.21. The Bertz CT molecular complexity index is 529. The van der Waals surface area contributed by atoms with Crippen molar-refractivity contribution < 1.29 is 14.3 Å². The summed E-state index contributed by atoms with van der Waals surface area (Å²) in [6, 6.07) is 5.58. The van der Waals surface area contributed by atoms with Gasteiger partial charge in [-0.05, 0) is 65.3 Å². The molecule has 1 atom stereocenters. The summed E-state index contributed by atoms with van der Waals surface area (Å²) in [5.74, 6) is 0.902. The van der Waals surface area contributed by atoms with E-state index in [9.17, 15) is 4.79 Å². The van der Waals surface area contributed by atoms with Gasteiger partial charge in [0.05, 0.1) is 5.60 Å². The normalized spacial score (nSPS) is 23.6. The van der Waals surface area contributed by atoms with Crippen molar-refractivity contribution in [3.05, 3.63) is 29.3 Å². The van der Waals surface area contributed by atoms with Crippen molar-refractivity contribution in [1.29, 1.82) is 0 Å². The first-order chi connectivity index (χ1) is 9.11. The average Bonchev–Trinajstić information content (AvgIpc) is 2.49. The van der Waals surface area contributed by atoms with E-state index in [4.69, 9.17) is 9.47 Å². The third-order valence-corrected chi connectivity index (χ3v) is 3.84. The van der Waals surface area contributed by atoms with Crippen LogP contribution in [-0.2, 0) is 4.74 Å². The third-order valence-electron chi connectivity index (χ3n) is 3.84. The van der Waals surface area contributed by atoms with E-state index in [1.165, 1.54) is 0 Å². The number of carbonyl (C=O) groups is 1. The molecule has 1 aromatic carbocycles. The maximum absolute atomic E-state index is 11.4. The summed E-state index contributed by atoms with van der Waals surface area (Å²) in [5.41, 5.74) is 1.23. The van der Waals surface area contributed by atoms with Gasteiger partial charge < -0.3 is 9.47 Å². The van der Waals surface area contributed by atoms with Gasteiger partial charge in [0.1, 0.15) is 17.5 Å². The molecule has 3 heteroatoms. The molecule has 1 unspecified atom stereocenters. The van der Waals surface area contributed by atoms with E-state index in [0.29, 0.717) is 0 Å². The van der Waals surface area contributed by atoms with Gasteiger partial charge in [0.25, 0.3) is 0 Å². The first kappa shape index (κ1) is 15.0. The number of hydrogen-bond donors (Lipinski definition) is 0. The zero-order valence-corrected chi connectivity index (χ0v) is 13.2. The molecule has 1 heterocycles. The van der Waals surface area contributed by atoms with Crippen LogP contribution in [0.4, 0.5) is 0 Å². The second kappa shape index (κ2) is 4.88. The van der Waals surface area contributed by atoms with Crippen molar-refractivity contribution in [2.75, 3.05) is 0 Å². The van der Waals surface area contributed by atoms with Crippen molar-refractivity contribution in [2.45, 2.75) is 65.3 Å². The number of Topliss-reactive ketones (excluding diaryl/α,β-unsaturated/α-hetero) is 1. The quantitative estimate of drug-likeness (QED) is 0.785. The molecule has 2 rings (SSSR count). The van der Waals surface area contributed by atoms with Gasteiger partial charge in [-0.15, -0.1) is 0 Å². The minimum absolute atomic E-state index is 0.0133. The summed E-state index contributed by atoms with van der Waals surface area (Å²) < 4.78 is 12.2. The van der Waals surface area contributed by atoms with Crippen LogP contribution in [0.25, 0.3) is 0 Å². The second-order valence-corrected chi connectivity index (χ2v) is 6.81. The van der Waals surface area contributed by atoms with E-state index in [1.54, 1.807) is 6.92 Å². The summed E-state index contributed by atoms with van der Waals surface area (Å²) >= 11 is 0. The van der Waals surface area contributed by atoms with E-state index in [1.807, 2.05) is 25.1 Å². The summed E-state index contributed by atoms with van der Waals surface area (Å²) in [5, 5.41) is 0. The molecule has 0 spiro atoms. The molecule has 0 aromatic heterocycles. The van der Waals surface area contributed by atoms with Crippen molar-refractivity contribution in [3.63, 3.8) is 0 Å². The average molecular weight is 276 g/mol. The number of carbonyl (C=O) groups excluding carboxylic acids is 1. The smallest absolute Gasteiger partial charge is 0.159 e. The molecule has 0 aliphatic carbocycles. The molecule has 0 radical (unpaired) electrons. The van der Waals surface area contributed by atoms with Crippen LogP contribution in [0, 0.1) is 6.92 Å². The van der Waals surface area contributed by atoms with Gasteiger partial charge in [-0.3, -0.25) is 4.79 Å². The lowest BCUT2D eigenvalue weighted by Gasteiger charge is -2.28. The highest BCUT2D eigenvalue weighted by atomic mass is 16.6. The number of ether oxygens (including phenoxy) is 2. The minimum atomic E-state index is -0.310. The molecule has 3 nitrogen and oxygen atoms in total. The van der Waals surface area contributed by atoms with Gasteiger partial charge in [-0.2, -0.15) is 0 Å². The van der Waals surface area contributed by atoms with Crippen LogP contribution in [0.1, 0.15) is 57.0 Å². The molecule has 0 saturated carbocycles. The molecule has 0 N–H and O–H groups in total. The van der Waals surface area contributed by atoms with Gasteiger partial charge in [0.15, 0.2) is 5.78 Å². The molecular weight excluding hydrogens is 252 g/mol. The first-order valence-corrected chi connectivity index (χ1v) is 7.09. The predicted octanol–water partition coefficient (Wildman–Crippen LogP) is 3.92. The Kier molecular flexibility index (Phi) is 3.67. The van der Waals surface area contributed by atoms with Crippen molar-refractivity contribution >= 4 is 5.78 Å². The fraction of sp³-hybridized carbons (Fsp3) is 0.588. The van der Waals surface area contributed by atoms with Crippen LogP contribution in [0.15, 0.2) is 18.2 Å². The van der Waals surface area contributed by atoms with E-state index in [-0.39, 0.29) is 23.1 Å².